The van der Waals surface area contributed by atoms with Gasteiger partial charge in [0.15, 0.2) is 0 Å². The van der Waals surface area contributed by atoms with Crippen LogP contribution in [0.2, 0.25) is 10.0 Å². The van der Waals surface area contributed by atoms with Gasteiger partial charge in [-0.15, -0.1) is 11.8 Å². The van der Waals surface area contributed by atoms with Crippen LogP contribution in [0, 0.1) is 5.82 Å². The Balaban J connectivity index is 1.97. The van der Waals surface area contributed by atoms with Crippen LogP contribution in [0.1, 0.15) is 5.56 Å². The number of hydrogen-bond donors (Lipinski definition) is 2. The zero-order valence-electron chi connectivity index (χ0n) is 11.2. The van der Waals surface area contributed by atoms with Crippen LogP contribution in [-0.4, -0.2) is 11.8 Å². The zero-order chi connectivity index (χ0) is 15.2. The summed E-state index contributed by atoms with van der Waals surface area (Å²) in [4.78, 5) is 0.617. The van der Waals surface area contributed by atoms with E-state index in [4.69, 9.17) is 29.0 Å². The van der Waals surface area contributed by atoms with Crippen LogP contribution in [0.4, 0.5) is 4.39 Å². The highest BCUT2D eigenvalue weighted by molar-refractivity contribution is 7.99. The molecule has 0 aliphatic heterocycles. The number of hydrazine groups is 1. The largest absolute Gasteiger partial charge is 0.271 e. The van der Waals surface area contributed by atoms with Crippen molar-refractivity contribution in [2.75, 3.05) is 5.75 Å². The molecule has 0 aliphatic carbocycles. The fourth-order valence-corrected chi connectivity index (χ4v) is 3.17. The maximum Gasteiger partial charge on any atom is 0.136 e. The minimum atomic E-state index is -0.215. The second kappa shape index (κ2) is 8.01. The molecular formula is C15H15Cl2FN2S. The van der Waals surface area contributed by atoms with Crippen molar-refractivity contribution in [3.8, 4) is 0 Å². The average molecular weight is 345 g/mol. The average Bonchev–Trinajstić information content (AvgIpc) is 2.48. The molecule has 0 aromatic heterocycles. The van der Waals surface area contributed by atoms with Gasteiger partial charge in [0.1, 0.15) is 5.82 Å². The molecule has 112 valence electrons. The van der Waals surface area contributed by atoms with Crippen molar-refractivity contribution in [3.63, 3.8) is 0 Å². The molecule has 0 fully saturated rings. The Labute approximate surface area is 137 Å². The smallest absolute Gasteiger partial charge is 0.136 e. The number of halogens is 3. The molecule has 0 aliphatic rings. The summed E-state index contributed by atoms with van der Waals surface area (Å²) in [7, 11) is 0. The molecule has 0 spiro atoms. The van der Waals surface area contributed by atoms with Gasteiger partial charge in [-0.05, 0) is 36.2 Å². The standard InChI is InChI=1S/C15H15Cl2FN2S/c16-12-6-5-10(8-13(12)17)7-11(20-19)9-21-15-4-2-1-3-14(15)18/h1-6,8,11,20H,7,9,19H2. The van der Waals surface area contributed by atoms with Crippen LogP contribution in [0.5, 0.6) is 0 Å². The Hall–Kier alpha value is -0.780. The van der Waals surface area contributed by atoms with Crippen molar-refractivity contribution in [1.29, 1.82) is 0 Å². The van der Waals surface area contributed by atoms with E-state index in [1.807, 2.05) is 18.2 Å². The lowest BCUT2D eigenvalue weighted by molar-refractivity contribution is 0.573. The first-order valence-corrected chi connectivity index (χ1v) is 8.11. The van der Waals surface area contributed by atoms with Gasteiger partial charge in [-0.2, -0.15) is 0 Å². The highest BCUT2D eigenvalue weighted by atomic mass is 35.5. The fourth-order valence-electron chi connectivity index (χ4n) is 1.87. The summed E-state index contributed by atoms with van der Waals surface area (Å²) in [6.07, 6.45) is 0.689. The van der Waals surface area contributed by atoms with Crippen molar-refractivity contribution in [2.45, 2.75) is 17.4 Å². The summed E-state index contributed by atoms with van der Waals surface area (Å²) in [5.74, 6) is 6.01. The van der Waals surface area contributed by atoms with Crippen LogP contribution in [0.15, 0.2) is 47.4 Å². The topological polar surface area (TPSA) is 38.0 Å². The van der Waals surface area contributed by atoms with Gasteiger partial charge < -0.3 is 0 Å². The molecule has 0 heterocycles. The van der Waals surface area contributed by atoms with E-state index in [-0.39, 0.29) is 11.9 Å². The quantitative estimate of drug-likeness (QED) is 0.466. The lowest BCUT2D eigenvalue weighted by atomic mass is 10.1. The predicted molar refractivity (Wildman–Crippen MR) is 88.4 cm³/mol. The Kier molecular flexibility index (Phi) is 6.33. The number of rotatable bonds is 6. The molecule has 1 atom stereocenters. The number of benzene rings is 2. The van der Waals surface area contributed by atoms with Gasteiger partial charge in [-0.3, -0.25) is 11.3 Å². The number of hydrogen-bond acceptors (Lipinski definition) is 3. The number of nitrogens with two attached hydrogens (primary N) is 1. The molecule has 0 saturated heterocycles. The Morgan fingerprint density at radius 1 is 1.14 bits per heavy atom. The van der Waals surface area contributed by atoms with E-state index >= 15 is 0 Å². The first-order valence-electron chi connectivity index (χ1n) is 6.37. The van der Waals surface area contributed by atoms with E-state index in [1.54, 1.807) is 18.2 Å². The van der Waals surface area contributed by atoms with Crippen molar-refractivity contribution < 1.29 is 4.39 Å². The molecule has 1 unspecified atom stereocenters. The molecule has 2 aromatic rings. The molecule has 0 saturated carbocycles. The van der Waals surface area contributed by atoms with Gasteiger partial charge >= 0.3 is 0 Å². The van der Waals surface area contributed by atoms with Crippen molar-refractivity contribution in [2.24, 2.45) is 5.84 Å². The summed E-state index contributed by atoms with van der Waals surface area (Å²) in [6.45, 7) is 0. The fraction of sp³-hybridized carbons (Fsp3) is 0.200. The second-order valence-corrected chi connectivity index (χ2v) is 6.43. The van der Waals surface area contributed by atoms with E-state index < -0.39 is 0 Å². The molecule has 0 bridgehead atoms. The van der Waals surface area contributed by atoms with Gasteiger partial charge in [-0.25, -0.2) is 4.39 Å². The molecule has 3 N–H and O–H groups in total. The summed E-state index contributed by atoms with van der Waals surface area (Å²) < 4.78 is 13.6. The lowest BCUT2D eigenvalue weighted by Gasteiger charge is -2.16. The Morgan fingerprint density at radius 2 is 1.90 bits per heavy atom. The normalized spacial score (nSPS) is 12.4. The van der Waals surface area contributed by atoms with Gasteiger partial charge in [-0.1, -0.05) is 41.4 Å². The van der Waals surface area contributed by atoms with E-state index in [0.717, 1.165) is 5.56 Å². The predicted octanol–water partition coefficient (Wildman–Crippen LogP) is 4.30. The second-order valence-electron chi connectivity index (χ2n) is 4.56. The van der Waals surface area contributed by atoms with Crippen LogP contribution >= 0.6 is 35.0 Å². The summed E-state index contributed by atoms with van der Waals surface area (Å²) in [6, 6.07) is 12.2. The SMILES string of the molecule is NNC(CSc1ccccc1F)Cc1ccc(Cl)c(Cl)c1. The van der Waals surface area contributed by atoms with E-state index in [0.29, 0.717) is 27.1 Å². The minimum absolute atomic E-state index is 0.00634. The van der Waals surface area contributed by atoms with E-state index in [9.17, 15) is 4.39 Å². The van der Waals surface area contributed by atoms with Gasteiger partial charge in [0, 0.05) is 16.7 Å². The third kappa shape index (κ3) is 4.87. The highest BCUT2D eigenvalue weighted by Crippen LogP contribution is 2.25. The summed E-state index contributed by atoms with van der Waals surface area (Å²) in [5, 5.41) is 1.05. The van der Waals surface area contributed by atoms with Gasteiger partial charge in [0.05, 0.1) is 10.0 Å². The van der Waals surface area contributed by atoms with Gasteiger partial charge in [0.25, 0.3) is 0 Å². The molecule has 2 aromatic carbocycles. The van der Waals surface area contributed by atoms with Crippen LogP contribution in [0.3, 0.4) is 0 Å². The van der Waals surface area contributed by atoms with Crippen LogP contribution < -0.4 is 11.3 Å². The van der Waals surface area contributed by atoms with Crippen LogP contribution in [-0.2, 0) is 6.42 Å². The Bertz CT molecular complexity index is 610. The third-order valence-corrected chi connectivity index (χ3v) is 4.93. The molecule has 6 heteroatoms. The van der Waals surface area contributed by atoms with E-state index in [1.165, 1.54) is 17.8 Å². The van der Waals surface area contributed by atoms with Gasteiger partial charge in [0.2, 0.25) is 0 Å². The third-order valence-electron chi connectivity index (χ3n) is 2.98. The lowest BCUT2D eigenvalue weighted by Crippen LogP contribution is -2.38. The summed E-state index contributed by atoms with van der Waals surface area (Å²) >= 11 is 13.3. The minimum Gasteiger partial charge on any atom is -0.271 e. The molecule has 2 nitrogen and oxygen atoms in total. The Morgan fingerprint density at radius 3 is 2.57 bits per heavy atom. The molecule has 0 amide bonds. The molecular weight excluding hydrogens is 330 g/mol. The van der Waals surface area contributed by atoms with Crippen LogP contribution in [0.25, 0.3) is 0 Å². The molecule has 21 heavy (non-hydrogen) atoms. The van der Waals surface area contributed by atoms with Crippen molar-refractivity contribution in [3.05, 3.63) is 63.9 Å². The maximum absolute atomic E-state index is 13.6. The number of thioether (sulfide) groups is 1. The maximum atomic E-state index is 13.6. The number of nitrogens with one attached hydrogen (secondary N) is 1. The molecule has 0 radical (unpaired) electrons. The van der Waals surface area contributed by atoms with E-state index in [2.05, 4.69) is 5.43 Å². The van der Waals surface area contributed by atoms with Crippen molar-refractivity contribution in [1.82, 2.24) is 5.43 Å². The highest BCUT2D eigenvalue weighted by Gasteiger charge is 2.11. The molecule has 2 rings (SSSR count). The first kappa shape index (κ1) is 16.6. The van der Waals surface area contributed by atoms with Crippen molar-refractivity contribution >= 4 is 35.0 Å². The summed E-state index contributed by atoms with van der Waals surface area (Å²) in [5.41, 5.74) is 3.78. The zero-order valence-corrected chi connectivity index (χ0v) is 13.5. The first-order chi connectivity index (χ1) is 10.1. The monoisotopic (exact) mass is 344 g/mol.